The summed E-state index contributed by atoms with van der Waals surface area (Å²) in [6, 6.07) is 16.8. The van der Waals surface area contributed by atoms with Gasteiger partial charge < -0.3 is 0 Å². The summed E-state index contributed by atoms with van der Waals surface area (Å²) in [7, 11) is 0. The summed E-state index contributed by atoms with van der Waals surface area (Å²) in [5.74, 6) is 0. The summed E-state index contributed by atoms with van der Waals surface area (Å²) in [5, 5.41) is 7.24. The molecule has 0 bridgehead atoms. The SMILES string of the molecule is O=C(Nc1ccc(Cl)cc1)O/N=C1\CCC\C1=C/c1ccccc1. The Bertz CT molecular complexity index is 768. The van der Waals surface area contributed by atoms with E-state index >= 15 is 0 Å². The molecular weight excluding hydrogens is 324 g/mol. The highest BCUT2D eigenvalue weighted by atomic mass is 35.5. The molecule has 0 aliphatic heterocycles. The zero-order chi connectivity index (χ0) is 16.8. The third kappa shape index (κ3) is 4.46. The maximum Gasteiger partial charge on any atom is 0.437 e. The summed E-state index contributed by atoms with van der Waals surface area (Å²) < 4.78 is 0. The Morgan fingerprint density at radius 2 is 1.83 bits per heavy atom. The average Bonchev–Trinajstić information content (AvgIpc) is 3.03. The highest BCUT2D eigenvalue weighted by Gasteiger charge is 2.17. The molecule has 5 heteroatoms. The van der Waals surface area contributed by atoms with Crippen molar-refractivity contribution in [2.75, 3.05) is 5.32 Å². The summed E-state index contributed by atoms with van der Waals surface area (Å²) in [6.07, 6.45) is 4.24. The number of rotatable bonds is 3. The number of allylic oxidation sites excluding steroid dienone is 1. The molecule has 24 heavy (non-hydrogen) atoms. The van der Waals surface area contributed by atoms with Crippen LogP contribution in [0.1, 0.15) is 24.8 Å². The van der Waals surface area contributed by atoms with E-state index in [-0.39, 0.29) is 0 Å². The fourth-order valence-electron chi connectivity index (χ4n) is 2.53. The molecule has 0 aromatic heterocycles. The first-order valence-electron chi connectivity index (χ1n) is 7.77. The lowest BCUT2D eigenvalue weighted by atomic mass is 10.1. The van der Waals surface area contributed by atoms with Crippen molar-refractivity contribution in [2.45, 2.75) is 19.3 Å². The second-order valence-electron chi connectivity index (χ2n) is 5.48. The van der Waals surface area contributed by atoms with E-state index in [0.29, 0.717) is 10.7 Å². The Kier molecular flexibility index (Phi) is 5.29. The minimum absolute atomic E-state index is 0.607. The molecule has 1 N–H and O–H groups in total. The number of nitrogens with one attached hydrogen (secondary N) is 1. The van der Waals surface area contributed by atoms with Crippen molar-refractivity contribution < 1.29 is 9.63 Å². The van der Waals surface area contributed by atoms with Crippen molar-refractivity contribution in [3.8, 4) is 0 Å². The van der Waals surface area contributed by atoms with Crippen LogP contribution in [0.15, 0.2) is 65.3 Å². The van der Waals surface area contributed by atoms with E-state index in [1.54, 1.807) is 24.3 Å². The molecule has 122 valence electrons. The number of anilines is 1. The van der Waals surface area contributed by atoms with Gasteiger partial charge in [-0.05, 0) is 60.7 Å². The Hall–Kier alpha value is -2.59. The number of oxime groups is 1. The third-order valence-corrected chi connectivity index (χ3v) is 3.95. The maximum atomic E-state index is 11.8. The van der Waals surface area contributed by atoms with Crippen molar-refractivity contribution in [2.24, 2.45) is 5.16 Å². The molecule has 1 fully saturated rings. The highest BCUT2D eigenvalue weighted by molar-refractivity contribution is 6.30. The first-order valence-corrected chi connectivity index (χ1v) is 8.15. The number of halogens is 1. The predicted octanol–water partition coefficient (Wildman–Crippen LogP) is 5.51. The van der Waals surface area contributed by atoms with Crippen LogP contribution in [-0.2, 0) is 4.84 Å². The van der Waals surface area contributed by atoms with Crippen molar-refractivity contribution >= 4 is 35.2 Å². The van der Waals surface area contributed by atoms with Gasteiger partial charge >= 0.3 is 6.09 Å². The van der Waals surface area contributed by atoms with E-state index in [9.17, 15) is 4.79 Å². The molecular formula is C19H17ClN2O2. The molecule has 1 saturated carbocycles. The van der Waals surface area contributed by atoms with Crippen LogP contribution in [0.4, 0.5) is 10.5 Å². The number of benzene rings is 2. The minimum atomic E-state index is -0.615. The van der Waals surface area contributed by atoms with E-state index in [4.69, 9.17) is 16.4 Å². The lowest BCUT2D eigenvalue weighted by molar-refractivity contribution is 0.166. The standard InChI is InChI=1S/C19H17ClN2O2/c20-16-9-11-17(12-10-16)21-19(23)24-22-18-8-4-7-15(18)13-14-5-2-1-3-6-14/h1-3,5-6,9-13H,4,7-8H2,(H,21,23)/b15-13+,22-18+. The summed E-state index contributed by atoms with van der Waals surface area (Å²) in [4.78, 5) is 16.8. The van der Waals surface area contributed by atoms with Crippen molar-refractivity contribution in [1.82, 2.24) is 0 Å². The number of hydrogen-bond donors (Lipinski definition) is 1. The van der Waals surface area contributed by atoms with Crippen molar-refractivity contribution in [3.05, 3.63) is 70.8 Å². The zero-order valence-corrected chi connectivity index (χ0v) is 13.8. The van der Waals surface area contributed by atoms with Crippen molar-refractivity contribution in [3.63, 3.8) is 0 Å². The Morgan fingerprint density at radius 3 is 2.58 bits per heavy atom. The number of carbonyl (C=O) groups is 1. The van der Waals surface area contributed by atoms with Crippen LogP contribution < -0.4 is 5.32 Å². The van der Waals surface area contributed by atoms with Gasteiger partial charge in [0.1, 0.15) is 0 Å². The van der Waals surface area contributed by atoms with Crippen molar-refractivity contribution in [1.29, 1.82) is 0 Å². The number of amides is 1. The second-order valence-corrected chi connectivity index (χ2v) is 5.92. The molecule has 0 saturated heterocycles. The van der Waals surface area contributed by atoms with E-state index in [0.717, 1.165) is 36.1 Å². The number of nitrogens with zero attached hydrogens (tertiary/aromatic N) is 1. The minimum Gasteiger partial charge on any atom is -0.298 e. The molecule has 2 aromatic rings. The van der Waals surface area contributed by atoms with Crippen LogP contribution >= 0.6 is 11.6 Å². The fraction of sp³-hybridized carbons (Fsp3) is 0.158. The lowest BCUT2D eigenvalue weighted by Gasteiger charge is -2.04. The van der Waals surface area contributed by atoms with Crippen LogP contribution in [0.25, 0.3) is 6.08 Å². The summed E-state index contributed by atoms with van der Waals surface area (Å²) in [5.41, 5.74) is 3.66. The molecule has 4 nitrogen and oxygen atoms in total. The largest absolute Gasteiger partial charge is 0.437 e. The van der Waals surface area contributed by atoms with E-state index in [2.05, 4.69) is 16.5 Å². The predicted molar refractivity (Wildman–Crippen MR) is 97.3 cm³/mol. The molecule has 2 aromatic carbocycles. The third-order valence-electron chi connectivity index (χ3n) is 3.70. The lowest BCUT2D eigenvalue weighted by Crippen LogP contribution is -2.11. The highest BCUT2D eigenvalue weighted by Crippen LogP contribution is 2.24. The van der Waals surface area contributed by atoms with Gasteiger partial charge in [0, 0.05) is 10.7 Å². The molecule has 3 rings (SSSR count). The van der Waals surface area contributed by atoms with Crippen LogP contribution in [0.3, 0.4) is 0 Å². The Morgan fingerprint density at radius 1 is 1.08 bits per heavy atom. The Labute approximate surface area is 145 Å². The smallest absolute Gasteiger partial charge is 0.298 e. The first-order chi connectivity index (χ1) is 11.7. The van der Waals surface area contributed by atoms with Gasteiger partial charge in [-0.2, -0.15) is 0 Å². The summed E-state index contributed by atoms with van der Waals surface area (Å²) in [6.45, 7) is 0. The molecule has 1 aliphatic carbocycles. The quantitative estimate of drug-likeness (QED) is 0.591. The van der Waals surface area contributed by atoms with Crippen LogP contribution in [-0.4, -0.2) is 11.8 Å². The monoisotopic (exact) mass is 340 g/mol. The summed E-state index contributed by atoms with van der Waals surface area (Å²) >= 11 is 5.81. The molecule has 0 unspecified atom stereocenters. The van der Waals surface area contributed by atoms with Crippen LogP contribution in [0.2, 0.25) is 5.02 Å². The Balaban J connectivity index is 1.63. The maximum absolute atomic E-state index is 11.8. The van der Waals surface area contributed by atoms with Gasteiger partial charge in [0.2, 0.25) is 0 Å². The van der Waals surface area contributed by atoms with Gasteiger partial charge in [0.25, 0.3) is 0 Å². The van der Waals surface area contributed by atoms with E-state index < -0.39 is 6.09 Å². The van der Waals surface area contributed by atoms with Gasteiger partial charge in [-0.3, -0.25) is 10.2 Å². The van der Waals surface area contributed by atoms with E-state index in [1.807, 2.05) is 30.3 Å². The molecule has 0 spiro atoms. The fourth-order valence-corrected chi connectivity index (χ4v) is 2.66. The molecule has 0 radical (unpaired) electrons. The zero-order valence-electron chi connectivity index (χ0n) is 13.0. The van der Waals surface area contributed by atoms with E-state index in [1.165, 1.54) is 0 Å². The molecule has 0 heterocycles. The van der Waals surface area contributed by atoms with Crippen LogP contribution in [0.5, 0.6) is 0 Å². The van der Waals surface area contributed by atoms with Gasteiger partial charge in [-0.1, -0.05) is 47.1 Å². The molecule has 1 amide bonds. The molecule has 0 atom stereocenters. The van der Waals surface area contributed by atoms with Gasteiger partial charge in [-0.15, -0.1) is 0 Å². The van der Waals surface area contributed by atoms with Gasteiger partial charge in [0.05, 0.1) is 5.71 Å². The number of carbonyl (C=O) groups excluding carboxylic acids is 1. The normalized spacial score (nSPS) is 17.2. The van der Waals surface area contributed by atoms with Crippen LogP contribution in [0, 0.1) is 0 Å². The van der Waals surface area contributed by atoms with Gasteiger partial charge in [-0.25, -0.2) is 4.79 Å². The second kappa shape index (κ2) is 7.79. The van der Waals surface area contributed by atoms with Gasteiger partial charge in [0.15, 0.2) is 0 Å². The average molecular weight is 341 g/mol. The topological polar surface area (TPSA) is 50.7 Å². The first kappa shape index (κ1) is 16.3. The number of hydrogen-bond acceptors (Lipinski definition) is 3. The molecule has 1 aliphatic rings.